The number of ether oxygens (including phenoxy) is 3. The molecule has 5 rings (SSSR count). The Morgan fingerprint density at radius 3 is 1.92 bits per heavy atom. The highest BCUT2D eigenvalue weighted by Crippen LogP contribution is 2.29. The van der Waals surface area contributed by atoms with Gasteiger partial charge in [0.25, 0.3) is 0 Å². The average Bonchev–Trinajstić information content (AvgIpc) is 3.29. The van der Waals surface area contributed by atoms with Crippen molar-refractivity contribution < 1.29 is 14.2 Å². The van der Waals surface area contributed by atoms with Crippen LogP contribution in [-0.2, 0) is 11.3 Å². The Hall–Kier alpha value is -4.09. The first kappa shape index (κ1) is 24.6. The molecule has 5 aromatic rings. The summed E-state index contributed by atoms with van der Waals surface area (Å²) in [5.74, 6) is 2.56. The topological polar surface area (TPSA) is 45.5 Å². The Balaban J connectivity index is 1.36. The first-order valence-corrected chi connectivity index (χ1v) is 12.7. The Morgan fingerprint density at radius 2 is 1.24 bits per heavy atom. The van der Waals surface area contributed by atoms with Crippen LogP contribution in [0.4, 0.5) is 0 Å². The second-order valence-electron chi connectivity index (χ2n) is 9.09. The molecule has 4 aromatic carbocycles. The van der Waals surface area contributed by atoms with Crippen molar-refractivity contribution in [1.82, 2.24) is 9.55 Å². The van der Waals surface area contributed by atoms with Crippen LogP contribution in [0.3, 0.4) is 0 Å². The number of rotatable bonds is 11. The van der Waals surface area contributed by atoms with Gasteiger partial charge >= 0.3 is 0 Å². The SMILES string of the molecule is Cc1ccc(OCCOC(c2ccccc2)c2nc3ccccc3n2CCOc2ccc(C)cc2)cc1. The lowest BCUT2D eigenvalue weighted by molar-refractivity contribution is 0.0492. The van der Waals surface area contributed by atoms with E-state index in [-0.39, 0.29) is 6.10 Å². The molecule has 0 saturated carbocycles. The summed E-state index contributed by atoms with van der Waals surface area (Å²) in [6.07, 6.45) is -0.338. The van der Waals surface area contributed by atoms with E-state index in [0.29, 0.717) is 26.4 Å². The highest BCUT2D eigenvalue weighted by Gasteiger charge is 2.23. The molecule has 5 heteroatoms. The Kier molecular flexibility index (Phi) is 7.82. The molecule has 0 spiro atoms. The summed E-state index contributed by atoms with van der Waals surface area (Å²) in [5, 5.41) is 0. The number of fused-ring (bicyclic) bond motifs is 1. The predicted octanol–water partition coefficient (Wildman–Crippen LogP) is 6.92. The summed E-state index contributed by atoms with van der Waals surface area (Å²) in [7, 11) is 0. The molecule has 188 valence electrons. The Bertz CT molecular complexity index is 1410. The van der Waals surface area contributed by atoms with Crippen molar-refractivity contribution in [2.45, 2.75) is 26.5 Å². The zero-order valence-corrected chi connectivity index (χ0v) is 21.3. The Labute approximate surface area is 218 Å². The minimum absolute atomic E-state index is 0.338. The quantitative estimate of drug-likeness (QED) is 0.188. The molecule has 1 atom stereocenters. The third-order valence-corrected chi connectivity index (χ3v) is 6.28. The van der Waals surface area contributed by atoms with Gasteiger partial charge in [-0.25, -0.2) is 4.98 Å². The molecule has 0 aliphatic carbocycles. The molecule has 0 radical (unpaired) electrons. The van der Waals surface area contributed by atoms with Crippen molar-refractivity contribution in [3.63, 3.8) is 0 Å². The second-order valence-corrected chi connectivity index (χ2v) is 9.09. The molecule has 1 unspecified atom stereocenters. The highest BCUT2D eigenvalue weighted by molar-refractivity contribution is 5.76. The fourth-order valence-electron chi connectivity index (χ4n) is 4.33. The Morgan fingerprint density at radius 1 is 0.649 bits per heavy atom. The monoisotopic (exact) mass is 492 g/mol. The number of imidazole rings is 1. The maximum Gasteiger partial charge on any atom is 0.143 e. The largest absolute Gasteiger partial charge is 0.492 e. The molecule has 1 aromatic heterocycles. The molecule has 1 heterocycles. The summed E-state index contributed by atoms with van der Waals surface area (Å²) < 4.78 is 20.7. The molecule has 0 aliphatic rings. The number of hydrogen-bond donors (Lipinski definition) is 0. The molecular weight excluding hydrogens is 460 g/mol. The maximum absolute atomic E-state index is 6.46. The van der Waals surface area contributed by atoms with Crippen LogP contribution >= 0.6 is 0 Å². The van der Waals surface area contributed by atoms with E-state index in [4.69, 9.17) is 19.2 Å². The van der Waals surface area contributed by atoms with Gasteiger partial charge in [0.2, 0.25) is 0 Å². The predicted molar refractivity (Wildman–Crippen MR) is 147 cm³/mol. The van der Waals surface area contributed by atoms with Gasteiger partial charge in [0.1, 0.15) is 36.6 Å². The van der Waals surface area contributed by atoms with Gasteiger partial charge < -0.3 is 18.8 Å². The van der Waals surface area contributed by atoms with Gasteiger partial charge in [-0.3, -0.25) is 0 Å². The van der Waals surface area contributed by atoms with E-state index in [1.54, 1.807) is 0 Å². The first-order chi connectivity index (χ1) is 18.2. The van der Waals surface area contributed by atoms with Crippen molar-refractivity contribution in [1.29, 1.82) is 0 Å². The number of aromatic nitrogens is 2. The van der Waals surface area contributed by atoms with Crippen molar-refractivity contribution in [3.05, 3.63) is 126 Å². The van der Waals surface area contributed by atoms with E-state index in [1.165, 1.54) is 11.1 Å². The maximum atomic E-state index is 6.46. The molecule has 5 nitrogen and oxygen atoms in total. The van der Waals surface area contributed by atoms with Crippen LogP contribution in [0.25, 0.3) is 11.0 Å². The molecular formula is C32H32N2O3. The van der Waals surface area contributed by atoms with Gasteiger partial charge in [0.05, 0.1) is 24.2 Å². The number of aryl methyl sites for hydroxylation is 2. The molecule has 0 N–H and O–H groups in total. The standard InChI is InChI=1S/C32H32N2O3/c1-24-12-16-27(17-13-24)35-21-20-34-30-11-7-6-10-29(30)33-32(34)31(26-8-4-3-5-9-26)37-23-22-36-28-18-14-25(2)15-19-28/h3-19,31H,20-23H2,1-2H3. The molecule has 0 bridgehead atoms. The molecule has 0 aliphatic heterocycles. The number of hydrogen-bond acceptors (Lipinski definition) is 4. The van der Waals surface area contributed by atoms with E-state index in [1.807, 2.05) is 72.8 Å². The van der Waals surface area contributed by atoms with Crippen LogP contribution in [0.2, 0.25) is 0 Å². The van der Waals surface area contributed by atoms with Crippen LogP contribution < -0.4 is 9.47 Å². The fourth-order valence-corrected chi connectivity index (χ4v) is 4.33. The molecule has 0 saturated heterocycles. The second kappa shape index (κ2) is 11.8. The summed E-state index contributed by atoms with van der Waals surface area (Å²) >= 11 is 0. The number of para-hydroxylation sites is 2. The number of benzene rings is 4. The lowest BCUT2D eigenvalue weighted by atomic mass is 10.1. The highest BCUT2D eigenvalue weighted by atomic mass is 16.5. The summed E-state index contributed by atoms with van der Waals surface area (Å²) in [6.45, 7) is 6.18. The van der Waals surface area contributed by atoms with Crippen LogP contribution in [0.15, 0.2) is 103 Å². The van der Waals surface area contributed by atoms with Crippen molar-refractivity contribution in [3.8, 4) is 11.5 Å². The van der Waals surface area contributed by atoms with Gasteiger partial charge in [0.15, 0.2) is 0 Å². The summed E-state index contributed by atoms with van der Waals surface area (Å²) in [4.78, 5) is 5.01. The average molecular weight is 493 g/mol. The third kappa shape index (κ3) is 6.19. The lowest BCUT2D eigenvalue weighted by Gasteiger charge is -2.20. The zero-order valence-electron chi connectivity index (χ0n) is 21.3. The van der Waals surface area contributed by atoms with Crippen LogP contribution in [0.5, 0.6) is 11.5 Å². The summed E-state index contributed by atoms with van der Waals surface area (Å²) in [6, 6.07) is 34.6. The van der Waals surface area contributed by atoms with Crippen LogP contribution in [-0.4, -0.2) is 29.4 Å². The molecule has 0 amide bonds. The lowest BCUT2D eigenvalue weighted by Crippen LogP contribution is -2.19. The van der Waals surface area contributed by atoms with Gasteiger partial charge in [-0.2, -0.15) is 0 Å². The normalized spacial score (nSPS) is 11.9. The smallest absolute Gasteiger partial charge is 0.143 e. The van der Waals surface area contributed by atoms with Crippen LogP contribution in [0.1, 0.15) is 28.6 Å². The van der Waals surface area contributed by atoms with E-state index < -0.39 is 0 Å². The molecule has 0 fully saturated rings. The van der Waals surface area contributed by atoms with E-state index in [0.717, 1.165) is 33.9 Å². The molecule has 37 heavy (non-hydrogen) atoms. The van der Waals surface area contributed by atoms with Gasteiger partial charge in [-0.15, -0.1) is 0 Å². The summed E-state index contributed by atoms with van der Waals surface area (Å²) in [5.41, 5.74) is 5.47. The number of nitrogens with zero attached hydrogens (tertiary/aromatic N) is 2. The van der Waals surface area contributed by atoms with Crippen LogP contribution in [0, 0.1) is 13.8 Å². The van der Waals surface area contributed by atoms with Gasteiger partial charge in [0, 0.05) is 0 Å². The fraction of sp³-hybridized carbons (Fsp3) is 0.219. The van der Waals surface area contributed by atoms with Crippen molar-refractivity contribution in [2.24, 2.45) is 0 Å². The van der Waals surface area contributed by atoms with Crippen molar-refractivity contribution >= 4 is 11.0 Å². The van der Waals surface area contributed by atoms with E-state index >= 15 is 0 Å². The van der Waals surface area contributed by atoms with Gasteiger partial charge in [-0.05, 0) is 55.8 Å². The van der Waals surface area contributed by atoms with Gasteiger partial charge in [-0.1, -0.05) is 77.9 Å². The van der Waals surface area contributed by atoms with Crippen molar-refractivity contribution in [2.75, 3.05) is 19.8 Å². The van der Waals surface area contributed by atoms with E-state index in [2.05, 4.69) is 48.7 Å². The minimum atomic E-state index is -0.338. The minimum Gasteiger partial charge on any atom is -0.492 e. The zero-order chi connectivity index (χ0) is 25.5. The van der Waals surface area contributed by atoms with E-state index in [9.17, 15) is 0 Å². The first-order valence-electron chi connectivity index (χ1n) is 12.7. The third-order valence-electron chi connectivity index (χ3n) is 6.28.